The summed E-state index contributed by atoms with van der Waals surface area (Å²) in [6, 6.07) is 6.05. The molecule has 5 nitrogen and oxygen atoms in total. The molecule has 0 spiro atoms. The zero-order valence-corrected chi connectivity index (χ0v) is 14.3. The predicted molar refractivity (Wildman–Crippen MR) is 93.3 cm³/mol. The van der Waals surface area contributed by atoms with Crippen LogP contribution in [-0.2, 0) is 4.79 Å². The van der Waals surface area contributed by atoms with Crippen LogP contribution < -0.4 is 15.5 Å². The molecular formula is C16H25N4OS+. The van der Waals surface area contributed by atoms with Crippen LogP contribution in [0, 0.1) is 13.8 Å². The summed E-state index contributed by atoms with van der Waals surface area (Å²) in [6.45, 7) is 8.20. The van der Waals surface area contributed by atoms with Gasteiger partial charge in [-0.05, 0) is 37.2 Å². The molecule has 1 aromatic rings. The highest BCUT2D eigenvalue weighted by atomic mass is 32.1. The zero-order chi connectivity index (χ0) is 16.1. The Kier molecular flexibility index (Phi) is 5.74. The molecule has 1 heterocycles. The smallest absolute Gasteiger partial charge is 0.279 e. The number of carbonyl (C=O) groups is 1. The van der Waals surface area contributed by atoms with Gasteiger partial charge in [-0.1, -0.05) is 18.2 Å². The Morgan fingerprint density at radius 1 is 1.27 bits per heavy atom. The molecule has 3 N–H and O–H groups in total. The summed E-state index contributed by atoms with van der Waals surface area (Å²) >= 11 is 5.24. The number of piperazine rings is 1. The number of carbonyl (C=O) groups excluding carboxylic acids is 1. The lowest BCUT2D eigenvalue weighted by Crippen LogP contribution is -3.15. The van der Waals surface area contributed by atoms with E-state index in [0.29, 0.717) is 6.54 Å². The Labute approximate surface area is 137 Å². The van der Waals surface area contributed by atoms with Gasteiger partial charge in [-0.2, -0.15) is 0 Å². The van der Waals surface area contributed by atoms with Gasteiger partial charge in [0.2, 0.25) is 0 Å². The van der Waals surface area contributed by atoms with E-state index in [1.807, 2.05) is 39.1 Å². The van der Waals surface area contributed by atoms with Crippen LogP contribution in [0.15, 0.2) is 18.2 Å². The molecule has 0 aliphatic carbocycles. The Morgan fingerprint density at radius 2 is 1.86 bits per heavy atom. The lowest BCUT2D eigenvalue weighted by Gasteiger charge is -2.33. The second kappa shape index (κ2) is 7.56. The average Bonchev–Trinajstić information content (AvgIpc) is 2.51. The predicted octanol–water partition coefficient (Wildman–Crippen LogP) is -0.0533. The summed E-state index contributed by atoms with van der Waals surface area (Å²) in [5.41, 5.74) is 3.15. The summed E-state index contributed by atoms with van der Waals surface area (Å²) in [4.78, 5) is 15.7. The molecule has 1 aliphatic heterocycles. The fourth-order valence-corrected chi connectivity index (χ4v) is 2.97. The molecule has 22 heavy (non-hydrogen) atoms. The average molecular weight is 321 g/mol. The van der Waals surface area contributed by atoms with Crippen LogP contribution in [0.5, 0.6) is 0 Å². The molecule has 0 unspecified atom stereocenters. The molecule has 1 fully saturated rings. The topological polar surface area (TPSA) is 48.8 Å². The number of hydrogen-bond acceptors (Lipinski definition) is 2. The lowest BCUT2D eigenvalue weighted by atomic mass is 10.1. The summed E-state index contributed by atoms with van der Waals surface area (Å²) in [5, 5.41) is 6.85. The summed E-state index contributed by atoms with van der Waals surface area (Å²) in [6.07, 6.45) is 0. The van der Waals surface area contributed by atoms with E-state index < -0.39 is 0 Å². The van der Waals surface area contributed by atoms with Gasteiger partial charge in [0.15, 0.2) is 11.7 Å². The van der Waals surface area contributed by atoms with Crippen molar-refractivity contribution in [3.05, 3.63) is 29.3 Å². The third-order valence-electron chi connectivity index (χ3n) is 4.13. The first-order valence-electron chi connectivity index (χ1n) is 7.67. The number of anilines is 1. The molecule has 1 aliphatic rings. The lowest BCUT2D eigenvalue weighted by molar-refractivity contribution is -0.895. The van der Waals surface area contributed by atoms with Gasteiger partial charge in [-0.25, -0.2) is 0 Å². The number of para-hydroxylation sites is 1. The number of nitrogens with one attached hydrogen (secondary N) is 3. The van der Waals surface area contributed by atoms with Crippen molar-refractivity contribution in [2.45, 2.75) is 13.8 Å². The van der Waals surface area contributed by atoms with Crippen molar-refractivity contribution in [2.75, 3.05) is 45.1 Å². The van der Waals surface area contributed by atoms with Crippen molar-refractivity contribution in [3.63, 3.8) is 0 Å². The number of nitrogens with zero attached hydrogens (tertiary/aromatic N) is 1. The number of quaternary nitrogens is 1. The van der Waals surface area contributed by atoms with Gasteiger partial charge in [-0.3, -0.25) is 4.79 Å². The first-order chi connectivity index (χ1) is 10.5. The van der Waals surface area contributed by atoms with Gasteiger partial charge in [0.1, 0.15) is 0 Å². The van der Waals surface area contributed by atoms with Crippen LogP contribution in [0.25, 0.3) is 0 Å². The zero-order valence-electron chi connectivity index (χ0n) is 13.5. The molecule has 0 bridgehead atoms. The molecule has 0 aromatic heterocycles. The van der Waals surface area contributed by atoms with Crippen LogP contribution in [0.4, 0.5) is 5.69 Å². The molecular weight excluding hydrogens is 296 g/mol. The normalized spacial score (nSPS) is 15.5. The quantitative estimate of drug-likeness (QED) is 0.683. The highest BCUT2D eigenvalue weighted by molar-refractivity contribution is 7.80. The largest absolute Gasteiger partial charge is 0.366 e. The van der Waals surface area contributed by atoms with Crippen molar-refractivity contribution in [1.29, 1.82) is 0 Å². The molecule has 1 saturated heterocycles. The van der Waals surface area contributed by atoms with Crippen LogP contribution in [0.1, 0.15) is 11.1 Å². The summed E-state index contributed by atoms with van der Waals surface area (Å²) in [5.74, 6) is 0.0806. The van der Waals surface area contributed by atoms with Gasteiger partial charge in [0.25, 0.3) is 5.91 Å². The Morgan fingerprint density at radius 3 is 2.41 bits per heavy atom. The minimum Gasteiger partial charge on any atom is -0.366 e. The molecule has 6 heteroatoms. The van der Waals surface area contributed by atoms with Gasteiger partial charge in [-0.15, -0.1) is 0 Å². The van der Waals surface area contributed by atoms with Crippen molar-refractivity contribution < 1.29 is 9.69 Å². The molecule has 1 amide bonds. The Bertz CT molecular complexity index is 533. The summed E-state index contributed by atoms with van der Waals surface area (Å²) in [7, 11) is 1.85. The number of benzene rings is 1. The first-order valence-corrected chi connectivity index (χ1v) is 8.08. The SMILES string of the molecule is CNC(=S)N1CC[NH+](CC(=O)Nc2c(C)cccc2C)CC1. The molecule has 0 radical (unpaired) electrons. The monoisotopic (exact) mass is 321 g/mol. The van der Waals surface area contributed by atoms with E-state index in [4.69, 9.17) is 12.2 Å². The second-order valence-corrected chi connectivity index (χ2v) is 6.17. The fourth-order valence-electron chi connectivity index (χ4n) is 2.78. The van der Waals surface area contributed by atoms with E-state index in [1.165, 1.54) is 4.90 Å². The van der Waals surface area contributed by atoms with Gasteiger partial charge >= 0.3 is 0 Å². The minimum atomic E-state index is 0.0806. The van der Waals surface area contributed by atoms with E-state index in [-0.39, 0.29) is 5.91 Å². The van der Waals surface area contributed by atoms with Gasteiger partial charge in [0, 0.05) is 12.7 Å². The third-order valence-corrected chi connectivity index (χ3v) is 4.59. The number of aryl methyl sites for hydroxylation is 2. The number of rotatable bonds is 3. The van der Waals surface area contributed by atoms with E-state index in [9.17, 15) is 4.79 Å². The van der Waals surface area contributed by atoms with Crippen molar-refractivity contribution in [2.24, 2.45) is 0 Å². The first kappa shape index (κ1) is 16.7. The van der Waals surface area contributed by atoms with Crippen LogP contribution in [-0.4, -0.2) is 55.7 Å². The minimum absolute atomic E-state index is 0.0806. The summed E-state index contributed by atoms with van der Waals surface area (Å²) < 4.78 is 0. The number of hydrogen-bond donors (Lipinski definition) is 3. The maximum absolute atomic E-state index is 12.3. The van der Waals surface area contributed by atoms with E-state index in [2.05, 4.69) is 15.5 Å². The Balaban J connectivity index is 1.85. The van der Waals surface area contributed by atoms with E-state index >= 15 is 0 Å². The standard InChI is InChI=1S/C16H24N4OS/c1-12-5-4-6-13(2)15(12)18-14(21)11-19-7-9-20(10-8-19)16(22)17-3/h4-6H,7-11H2,1-3H3,(H,17,22)(H,18,21)/p+1. The third kappa shape index (κ3) is 4.18. The van der Waals surface area contributed by atoms with Crippen LogP contribution >= 0.6 is 12.2 Å². The fraction of sp³-hybridized carbons (Fsp3) is 0.500. The molecule has 0 atom stereocenters. The highest BCUT2D eigenvalue weighted by Crippen LogP contribution is 2.18. The van der Waals surface area contributed by atoms with Crippen molar-refractivity contribution in [1.82, 2.24) is 10.2 Å². The maximum Gasteiger partial charge on any atom is 0.279 e. The van der Waals surface area contributed by atoms with E-state index in [0.717, 1.165) is 48.1 Å². The van der Waals surface area contributed by atoms with Gasteiger partial charge in [0.05, 0.1) is 26.2 Å². The number of thiocarbonyl (C=S) groups is 1. The maximum atomic E-state index is 12.3. The van der Waals surface area contributed by atoms with E-state index in [1.54, 1.807) is 0 Å². The van der Waals surface area contributed by atoms with Gasteiger partial charge < -0.3 is 20.4 Å². The molecule has 0 saturated carbocycles. The van der Waals surface area contributed by atoms with Crippen LogP contribution in [0.3, 0.4) is 0 Å². The van der Waals surface area contributed by atoms with Crippen LogP contribution in [0.2, 0.25) is 0 Å². The highest BCUT2D eigenvalue weighted by Gasteiger charge is 2.23. The Hall–Kier alpha value is -1.66. The molecule has 2 rings (SSSR count). The van der Waals surface area contributed by atoms with Crippen molar-refractivity contribution in [3.8, 4) is 0 Å². The molecule has 120 valence electrons. The second-order valence-electron chi connectivity index (χ2n) is 5.78. The molecule has 1 aromatic carbocycles. The van der Waals surface area contributed by atoms with Crippen molar-refractivity contribution >= 4 is 28.9 Å². The number of amides is 1.